The van der Waals surface area contributed by atoms with Crippen molar-refractivity contribution in [2.45, 2.75) is 31.9 Å². The van der Waals surface area contributed by atoms with Crippen LogP contribution in [0.15, 0.2) is 60.9 Å². The van der Waals surface area contributed by atoms with Gasteiger partial charge in [-0.25, -0.2) is 5.32 Å². The minimum Gasteiger partial charge on any atom is -0.375 e. The number of rotatable bonds is 2. The summed E-state index contributed by atoms with van der Waals surface area (Å²) in [6.07, 6.45) is -1.27. The first-order chi connectivity index (χ1) is 17.8. The van der Waals surface area contributed by atoms with Gasteiger partial charge in [0, 0.05) is 65.0 Å². The van der Waals surface area contributed by atoms with Gasteiger partial charge in [0.2, 0.25) is 0 Å². The van der Waals surface area contributed by atoms with Crippen LogP contribution < -0.4 is 10.6 Å². The van der Waals surface area contributed by atoms with Crippen LogP contribution in [0.4, 0.5) is 13.2 Å². The number of hydrogen-bond donors (Lipinski definition) is 2. The highest BCUT2D eigenvalue weighted by molar-refractivity contribution is 6.50. The number of ether oxygens (including phenoxy) is 1. The second-order valence-electron chi connectivity index (χ2n) is 9.20. The van der Waals surface area contributed by atoms with Crippen molar-refractivity contribution >= 4 is 44.8 Å². The van der Waals surface area contributed by atoms with Gasteiger partial charge >= 0.3 is 6.30 Å². The van der Waals surface area contributed by atoms with Gasteiger partial charge in [-0.05, 0) is 18.6 Å². The first kappa shape index (κ1) is 23.5. The number of aryl methyl sites for hydroxylation is 1. The van der Waals surface area contributed by atoms with E-state index in [0.717, 1.165) is 21.8 Å². The molecule has 2 aromatic carbocycles. The molecule has 10 heteroatoms. The maximum Gasteiger partial charge on any atom is 0.457 e. The molecule has 0 fully saturated rings. The van der Waals surface area contributed by atoms with Crippen LogP contribution in [-0.4, -0.2) is 46.5 Å². The Morgan fingerprint density at radius 2 is 1.41 bits per heavy atom. The number of amides is 2. The number of fused-ring (bicyclic) bond motifs is 12. The molecule has 2 N–H and O–H groups in total. The number of alkyl halides is 3. The van der Waals surface area contributed by atoms with Crippen molar-refractivity contribution in [1.29, 1.82) is 0 Å². The summed E-state index contributed by atoms with van der Waals surface area (Å²) in [7, 11) is 0. The first-order valence-corrected chi connectivity index (χ1v) is 12.0. The van der Waals surface area contributed by atoms with E-state index in [4.69, 9.17) is 4.74 Å². The predicted octanol–water partition coefficient (Wildman–Crippen LogP) is 4.06. The van der Waals surface area contributed by atoms with Crippen molar-refractivity contribution < 1.29 is 27.5 Å². The summed E-state index contributed by atoms with van der Waals surface area (Å²) in [6.45, 7) is 0.542. The van der Waals surface area contributed by atoms with Crippen molar-refractivity contribution in [2.24, 2.45) is 0 Å². The summed E-state index contributed by atoms with van der Waals surface area (Å²) in [5, 5.41) is 5.64. The maximum atomic E-state index is 13.2. The number of halogens is 3. The predicted molar refractivity (Wildman–Crippen MR) is 132 cm³/mol. The van der Waals surface area contributed by atoms with Gasteiger partial charge in [-0.15, -0.1) is 0 Å². The third kappa shape index (κ3) is 4.21. The number of imide groups is 1. The van der Waals surface area contributed by atoms with Crippen molar-refractivity contribution in [3.05, 3.63) is 72.1 Å². The number of nitrogens with zero attached hydrogens (tertiary/aromatic N) is 2. The SMILES string of the molecule is O=C1NC(=O)C2=C1c1cn(c3ccccc13)CCOC(CNC(F)(F)F)CCn1cc2c2ccccc21. The van der Waals surface area contributed by atoms with Crippen molar-refractivity contribution in [2.75, 3.05) is 13.2 Å². The Balaban J connectivity index is 1.56. The lowest BCUT2D eigenvalue weighted by Crippen LogP contribution is -2.39. The third-order valence-electron chi connectivity index (χ3n) is 6.95. The topological polar surface area (TPSA) is 77.3 Å². The van der Waals surface area contributed by atoms with E-state index >= 15 is 0 Å². The van der Waals surface area contributed by atoms with Gasteiger partial charge in [0.05, 0.1) is 23.9 Å². The summed E-state index contributed by atoms with van der Waals surface area (Å²) in [4.78, 5) is 26.3. The van der Waals surface area contributed by atoms with Gasteiger partial charge in [-0.3, -0.25) is 14.9 Å². The number of carbonyl (C=O) groups is 2. The molecular weight excluding hydrogens is 485 g/mol. The molecule has 0 radical (unpaired) electrons. The highest BCUT2D eigenvalue weighted by atomic mass is 19.4. The monoisotopic (exact) mass is 508 g/mol. The van der Waals surface area contributed by atoms with Crippen molar-refractivity contribution in [1.82, 2.24) is 19.8 Å². The number of hydrogen-bond acceptors (Lipinski definition) is 4. The zero-order valence-electron chi connectivity index (χ0n) is 19.6. The van der Waals surface area contributed by atoms with Gasteiger partial charge in [0.25, 0.3) is 11.8 Å². The summed E-state index contributed by atoms with van der Waals surface area (Å²) in [6, 6.07) is 15.0. The molecule has 6 rings (SSSR count). The molecule has 1 unspecified atom stereocenters. The quantitative estimate of drug-likeness (QED) is 0.316. The average molecular weight is 509 g/mol. The molecule has 0 saturated heterocycles. The van der Waals surface area contributed by atoms with E-state index in [1.165, 1.54) is 0 Å². The zero-order valence-corrected chi connectivity index (χ0v) is 19.6. The van der Waals surface area contributed by atoms with Crippen molar-refractivity contribution in [3.63, 3.8) is 0 Å². The highest BCUT2D eigenvalue weighted by Crippen LogP contribution is 2.39. The molecule has 4 heterocycles. The molecule has 190 valence electrons. The largest absolute Gasteiger partial charge is 0.457 e. The highest BCUT2D eigenvalue weighted by Gasteiger charge is 2.35. The zero-order chi connectivity index (χ0) is 25.7. The summed E-state index contributed by atoms with van der Waals surface area (Å²) in [5.41, 5.74) is 3.49. The second kappa shape index (κ2) is 8.89. The van der Waals surface area contributed by atoms with E-state index in [1.54, 1.807) is 11.5 Å². The Kier molecular flexibility index (Phi) is 5.65. The van der Waals surface area contributed by atoms with E-state index in [2.05, 4.69) is 5.32 Å². The Morgan fingerprint density at radius 3 is 1.97 bits per heavy atom. The van der Waals surface area contributed by atoms with Gasteiger partial charge in [-0.2, -0.15) is 13.2 Å². The van der Waals surface area contributed by atoms with Crippen LogP contribution in [0.3, 0.4) is 0 Å². The Morgan fingerprint density at radius 1 is 0.865 bits per heavy atom. The lowest BCUT2D eigenvalue weighted by Gasteiger charge is -2.20. The molecule has 37 heavy (non-hydrogen) atoms. The van der Waals surface area contributed by atoms with E-state index in [1.807, 2.05) is 63.9 Å². The molecule has 0 aliphatic carbocycles. The molecule has 2 aromatic heterocycles. The number of nitrogens with one attached hydrogen (secondary N) is 2. The van der Waals surface area contributed by atoms with Gasteiger partial charge in [-0.1, -0.05) is 36.4 Å². The smallest absolute Gasteiger partial charge is 0.375 e. The molecular formula is C27H23F3N4O3. The molecule has 2 aliphatic rings. The van der Waals surface area contributed by atoms with E-state index in [9.17, 15) is 22.8 Å². The molecule has 0 spiro atoms. The van der Waals surface area contributed by atoms with Crippen LogP contribution in [0.2, 0.25) is 0 Å². The third-order valence-corrected chi connectivity index (χ3v) is 6.95. The van der Waals surface area contributed by atoms with Crippen LogP contribution in [0.25, 0.3) is 33.0 Å². The first-order valence-electron chi connectivity index (χ1n) is 12.0. The standard InChI is InChI=1S/C27H23F3N4O3/c28-27(29,30)31-13-16-9-10-33-14-19(17-5-1-3-7-21(17)33)23-24(26(36)32-25(23)35)20-15-34(11-12-37-16)22-8-4-2-6-18(20)22/h1-8,14-16,31H,9-13H2,(H,32,35,36). The lowest BCUT2D eigenvalue weighted by molar-refractivity contribution is -0.162. The number of para-hydroxylation sites is 2. The molecule has 4 bridgehead atoms. The minimum atomic E-state index is -4.51. The van der Waals surface area contributed by atoms with Crippen LogP contribution in [0.5, 0.6) is 0 Å². The van der Waals surface area contributed by atoms with Gasteiger partial charge in [0.15, 0.2) is 0 Å². The fourth-order valence-corrected chi connectivity index (χ4v) is 5.31. The van der Waals surface area contributed by atoms with Gasteiger partial charge in [0.1, 0.15) is 0 Å². The second-order valence-corrected chi connectivity index (χ2v) is 9.20. The van der Waals surface area contributed by atoms with E-state index in [0.29, 0.717) is 41.8 Å². The molecule has 2 amide bonds. The number of benzene rings is 2. The summed E-state index contributed by atoms with van der Waals surface area (Å²) < 4.78 is 48.5. The summed E-state index contributed by atoms with van der Waals surface area (Å²) in [5.74, 6) is -0.927. The lowest BCUT2D eigenvalue weighted by atomic mass is 9.95. The minimum absolute atomic E-state index is 0.178. The van der Waals surface area contributed by atoms with Gasteiger partial charge < -0.3 is 13.9 Å². The fourth-order valence-electron chi connectivity index (χ4n) is 5.31. The normalized spacial score (nSPS) is 18.8. The Labute approximate surface area is 209 Å². The number of aromatic nitrogens is 2. The molecule has 0 saturated carbocycles. The molecule has 2 aliphatic heterocycles. The van der Waals surface area contributed by atoms with Crippen LogP contribution in [0, 0.1) is 0 Å². The average Bonchev–Trinajstić information content (AvgIpc) is 3.50. The van der Waals surface area contributed by atoms with Crippen LogP contribution in [0.1, 0.15) is 17.5 Å². The molecule has 7 nitrogen and oxygen atoms in total. The molecule has 4 aromatic rings. The van der Waals surface area contributed by atoms with E-state index < -0.39 is 24.2 Å². The van der Waals surface area contributed by atoms with Crippen molar-refractivity contribution in [3.8, 4) is 0 Å². The Hall–Kier alpha value is -3.89. The van der Waals surface area contributed by atoms with E-state index in [-0.39, 0.29) is 13.2 Å². The van der Waals surface area contributed by atoms with Crippen LogP contribution >= 0.6 is 0 Å². The van der Waals surface area contributed by atoms with Crippen LogP contribution in [-0.2, 0) is 27.4 Å². The fraction of sp³-hybridized carbons (Fsp3) is 0.259. The number of carbonyl (C=O) groups excluding carboxylic acids is 2. The summed E-state index contributed by atoms with van der Waals surface area (Å²) >= 11 is 0. The maximum absolute atomic E-state index is 13.2. The molecule has 1 atom stereocenters. The Bertz CT molecular complexity index is 1580.